The van der Waals surface area contributed by atoms with Gasteiger partial charge in [0.25, 0.3) is 0 Å². The van der Waals surface area contributed by atoms with Gasteiger partial charge in [-0.15, -0.1) is 13.2 Å². The molecule has 1 aromatic rings. The van der Waals surface area contributed by atoms with E-state index in [0.29, 0.717) is 0 Å². The first-order valence-corrected chi connectivity index (χ1v) is 5.57. The number of benzene rings is 1. The van der Waals surface area contributed by atoms with E-state index in [-0.39, 0.29) is 24.5 Å². The highest BCUT2D eigenvalue weighted by atomic mass is 19.4. The lowest BCUT2D eigenvalue weighted by Gasteiger charge is -2.14. The molecule has 0 amide bonds. The van der Waals surface area contributed by atoms with Gasteiger partial charge in [0.05, 0.1) is 18.8 Å². The molecule has 0 aliphatic heterocycles. The number of hydrogen-bond donors (Lipinski definition) is 0. The van der Waals surface area contributed by atoms with Gasteiger partial charge < -0.3 is 14.2 Å². The van der Waals surface area contributed by atoms with E-state index in [1.54, 1.807) is 13.8 Å². The minimum Gasteiger partial charge on any atom is -0.490 e. The molecule has 19 heavy (non-hydrogen) atoms. The molecular weight excluding hydrogens is 265 g/mol. The monoisotopic (exact) mass is 278 g/mol. The largest absolute Gasteiger partial charge is 0.573 e. The van der Waals surface area contributed by atoms with Crippen LogP contribution in [0.1, 0.15) is 24.2 Å². The second-order valence-corrected chi connectivity index (χ2v) is 3.36. The van der Waals surface area contributed by atoms with Crippen molar-refractivity contribution in [1.29, 1.82) is 0 Å². The van der Waals surface area contributed by atoms with Crippen LogP contribution in [0.3, 0.4) is 0 Å². The summed E-state index contributed by atoms with van der Waals surface area (Å²) < 4.78 is 50.3. The molecular formula is C12H13F3O4. The van der Waals surface area contributed by atoms with E-state index in [1.165, 1.54) is 12.1 Å². The Hall–Kier alpha value is -1.92. The molecule has 0 atom stereocenters. The van der Waals surface area contributed by atoms with Crippen molar-refractivity contribution in [3.05, 3.63) is 23.8 Å². The van der Waals surface area contributed by atoms with Gasteiger partial charge in [0, 0.05) is 0 Å². The zero-order valence-electron chi connectivity index (χ0n) is 10.4. The predicted molar refractivity (Wildman–Crippen MR) is 60.3 cm³/mol. The van der Waals surface area contributed by atoms with Crippen molar-refractivity contribution in [2.75, 3.05) is 13.2 Å². The van der Waals surface area contributed by atoms with Crippen LogP contribution in [0.15, 0.2) is 18.2 Å². The van der Waals surface area contributed by atoms with Gasteiger partial charge in [-0.25, -0.2) is 4.79 Å². The SMILES string of the molecule is CCOC(=O)c1ccc(OCC)c(OC(F)(F)F)c1. The van der Waals surface area contributed by atoms with Gasteiger partial charge in [0.1, 0.15) is 0 Å². The van der Waals surface area contributed by atoms with Crippen LogP contribution in [0.2, 0.25) is 0 Å². The third-order valence-corrected chi connectivity index (χ3v) is 1.98. The van der Waals surface area contributed by atoms with E-state index in [4.69, 9.17) is 9.47 Å². The molecule has 106 valence electrons. The van der Waals surface area contributed by atoms with Crippen molar-refractivity contribution in [1.82, 2.24) is 0 Å². The van der Waals surface area contributed by atoms with E-state index >= 15 is 0 Å². The summed E-state index contributed by atoms with van der Waals surface area (Å²) in [5.74, 6) is -1.38. The van der Waals surface area contributed by atoms with Gasteiger partial charge >= 0.3 is 12.3 Å². The lowest BCUT2D eigenvalue weighted by atomic mass is 10.2. The zero-order valence-corrected chi connectivity index (χ0v) is 10.4. The first-order chi connectivity index (χ1) is 8.87. The number of rotatable bonds is 5. The molecule has 0 saturated heterocycles. The molecule has 0 saturated carbocycles. The molecule has 0 radical (unpaired) electrons. The highest BCUT2D eigenvalue weighted by molar-refractivity contribution is 5.90. The number of halogens is 3. The Morgan fingerprint density at radius 1 is 1.16 bits per heavy atom. The molecule has 0 aliphatic rings. The average molecular weight is 278 g/mol. The van der Waals surface area contributed by atoms with Crippen LogP contribution < -0.4 is 9.47 Å². The smallest absolute Gasteiger partial charge is 0.490 e. The maximum atomic E-state index is 12.2. The van der Waals surface area contributed by atoms with Gasteiger partial charge in [0.2, 0.25) is 0 Å². The Labute approximate surface area is 108 Å². The predicted octanol–water partition coefficient (Wildman–Crippen LogP) is 3.16. The summed E-state index contributed by atoms with van der Waals surface area (Å²) in [6.07, 6.45) is -4.86. The molecule has 0 aliphatic carbocycles. The van der Waals surface area contributed by atoms with Gasteiger partial charge in [-0.2, -0.15) is 0 Å². The van der Waals surface area contributed by atoms with Crippen LogP contribution in [-0.4, -0.2) is 25.5 Å². The molecule has 1 rings (SSSR count). The fourth-order valence-electron chi connectivity index (χ4n) is 1.33. The maximum absolute atomic E-state index is 12.2. The summed E-state index contributed by atoms with van der Waals surface area (Å²) in [5, 5.41) is 0. The molecule has 0 fully saturated rings. The Bertz CT molecular complexity index is 443. The Morgan fingerprint density at radius 2 is 1.84 bits per heavy atom. The number of carbonyl (C=O) groups is 1. The average Bonchev–Trinajstić information content (AvgIpc) is 2.30. The fourth-order valence-corrected chi connectivity index (χ4v) is 1.33. The molecule has 0 unspecified atom stereocenters. The van der Waals surface area contributed by atoms with E-state index in [9.17, 15) is 18.0 Å². The van der Waals surface area contributed by atoms with Crippen LogP contribution in [-0.2, 0) is 4.74 Å². The standard InChI is InChI=1S/C12H13F3O4/c1-3-17-9-6-5-8(11(16)18-4-2)7-10(9)19-12(13,14)15/h5-7H,3-4H2,1-2H3. The van der Waals surface area contributed by atoms with Crippen molar-refractivity contribution in [2.45, 2.75) is 20.2 Å². The Balaban J connectivity index is 3.07. The minimum absolute atomic E-state index is 0.0375. The Kier molecular flexibility index (Phi) is 5.02. The van der Waals surface area contributed by atoms with Crippen molar-refractivity contribution in [3.8, 4) is 11.5 Å². The fraction of sp³-hybridized carbons (Fsp3) is 0.417. The number of esters is 1. The van der Waals surface area contributed by atoms with E-state index < -0.39 is 18.1 Å². The van der Waals surface area contributed by atoms with Crippen molar-refractivity contribution >= 4 is 5.97 Å². The van der Waals surface area contributed by atoms with Crippen molar-refractivity contribution in [3.63, 3.8) is 0 Å². The first-order valence-electron chi connectivity index (χ1n) is 5.57. The van der Waals surface area contributed by atoms with E-state index in [0.717, 1.165) is 6.07 Å². The van der Waals surface area contributed by atoms with E-state index in [1.807, 2.05) is 0 Å². The molecule has 4 nitrogen and oxygen atoms in total. The van der Waals surface area contributed by atoms with Crippen LogP contribution >= 0.6 is 0 Å². The van der Waals surface area contributed by atoms with Crippen molar-refractivity contribution < 1.29 is 32.2 Å². The highest BCUT2D eigenvalue weighted by Gasteiger charge is 2.33. The maximum Gasteiger partial charge on any atom is 0.573 e. The number of alkyl halides is 3. The van der Waals surface area contributed by atoms with Crippen LogP contribution in [0.5, 0.6) is 11.5 Å². The van der Waals surface area contributed by atoms with Gasteiger partial charge in [-0.05, 0) is 32.0 Å². The number of carbonyl (C=O) groups excluding carboxylic acids is 1. The number of hydrogen-bond acceptors (Lipinski definition) is 4. The molecule has 0 aromatic heterocycles. The number of ether oxygens (including phenoxy) is 3. The first kappa shape index (κ1) is 15.1. The van der Waals surface area contributed by atoms with Gasteiger partial charge in [-0.3, -0.25) is 0 Å². The quantitative estimate of drug-likeness (QED) is 0.776. The third kappa shape index (κ3) is 4.69. The summed E-state index contributed by atoms with van der Waals surface area (Å²) in [5.41, 5.74) is -0.0375. The Morgan fingerprint density at radius 3 is 2.37 bits per heavy atom. The highest BCUT2D eigenvalue weighted by Crippen LogP contribution is 2.33. The lowest BCUT2D eigenvalue weighted by Crippen LogP contribution is -2.18. The summed E-state index contributed by atoms with van der Waals surface area (Å²) in [4.78, 5) is 11.4. The van der Waals surface area contributed by atoms with Crippen LogP contribution in [0.25, 0.3) is 0 Å². The normalized spacial score (nSPS) is 11.0. The molecule has 0 spiro atoms. The molecule has 0 bridgehead atoms. The summed E-state index contributed by atoms with van der Waals surface area (Å²) in [6, 6.07) is 3.49. The zero-order chi connectivity index (χ0) is 14.5. The molecule has 7 heteroatoms. The van der Waals surface area contributed by atoms with E-state index in [2.05, 4.69) is 4.74 Å². The van der Waals surface area contributed by atoms with Crippen molar-refractivity contribution in [2.24, 2.45) is 0 Å². The topological polar surface area (TPSA) is 44.8 Å². The van der Waals surface area contributed by atoms with Gasteiger partial charge in [-0.1, -0.05) is 0 Å². The van der Waals surface area contributed by atoms with Crippen LogP contribution in [0.4, 0.5) is 13.2 Å². The third-order valence-electron chi connectivity index (χ3n) is 1.98. The second-order valence-electron chi connectivity index (χ2n) is 3.36. The summed E-state index contributed by atoms with van der Waals surface area (Å²) in [7, 11) is 0. The molecule has 1 aromatic carbocycles. The lowest BCUT2D eigenvalue weighted by molar-refractivity contribution is -0.275. The summed E-state index contributed by atoms with van der Waals surface area (Å²) >= 11 is 0. The van der Waals surface area contributed by atoms with Gasteiger partial charge in [0.15, 0.2) is 11.5 Å². The second kappa shape index (κ2) is 6.31. The van der Waals surface area contributed by atoms with Crippen LogP contribution in [0, 0.1) is 0 Å². The molecule has 0 N–H and O–H groups in total. The minimum atomic E-state index is -4.86. The molecule has 0 heterocycles. The summed E-state index contributed by atoms with van der Waals surface area (Å²) in [6.45, 7) is 3.52.